The Morgan fingerprint density at radius 3 is 1.91 bits per heavy atom. The Hall–Kier alpha value is -6.32. The molecule has 220 valence electrons. The second-order valence-electron chi connectivity index (χ2n) is 12.1. The van der Waals surface area contributed by atoms with Crippen LogP contribution in [0.3, 0.4) is 0 Å². The molecule has 0 bridgehead atoms. The molecule has 10 rings (SSSR count). The van der Waals surface area contributed by atoms with E-state index < -0.39 is 0 Å². The second-order valence-corrected chi connectivity index (χ2v) is 12.1. The Bertz CT molecular complexity index is 2800. The predicted molar refractivity (Wildman–Crippen MR) is 196 cm³/mol. The first kappa shape index (κ1) is 26.0. The number of fused-ring (bicyclic) bond motifs is 9. The summed E-state index contributed by atoms with van der Waals surface area (Å²) in [4.78, 5) is 2.36. The van der Waals surface area contributed by atoms with Gasteiger partial charge in [0, 0.05) is 32.9 Å². The zero-order valence-electron chi connectivity index (χ0n) is 25.4. The van der Waals surface area contributed by atoms with Crippen molar-refractivity contribution in [3.63, 3.8) is 0 Å². The molecule has 0 radical (unpaired) electrons. The normalized spacial score (nSPS) is 11.8. The average Bonchev–Trinajstić information content (AvgIpc) is 3.71. The zero-order valence-corrected chi connectivity index (χ0v) is 25.4. The fourth-order valence-electron chi connectivity index (χ4n) is 7.27. The standard InChI is InChI=1S/C44H27NO2/c1-2-11-31-27-33(25-19-28(31)9-1)45(38-15-8-18-41-43(38)37-26-22-29-10-3-4-12-35(29)44(37)47-41)32-23-20-30(21-24-32)34-14-7-17-40-42(34)36-13-5-6-16-39(36)46-40/h1-27H. The van der Waals surface area contributed by atoms with E-state index in [2.05, 4.69) is 150 Å². The van der Waals surface area contributed by atoms with Crippen LogP contribution in [0.15, 0.2) is 173 Å². The summed E-state index contributed by atoms with van der Waals surface area (Å²) in [6.45, 7) is 0. The van der Waals surface area contributed by atoms with E-state index in [1.54, 1.807) is 0 Å². The van der Waals surface area contributed by atoms with E-state index in [-0.39, 0.29) is 0 Å². The largest absolute Gasteiger partial charge is 0.456 e. The van der Waals surface area contributed by atoms with Crippen molar-refractivity contribution in [3.8, 4) is 11.1 Å². The topological polar surface area (TPSA) is 29.5 Å². The highest BCUT2D eigenvalue weighted by Gasteiger charge is 2.21. The van der Waals surface area contributed by atoms with E-state index in [9.17, 15) is 0 Å². The fraction of sp³-hybridized carbons (Fsp3) is 0. The number of rotatable bonds is 4. The average molecular weight is 602 g/mol. The molecular weight excluding hydrogens is 574 g/mol. The van der Waals surface area contributed by atoms with Gasteiger partial charge in [-0.3, -0.25) is 0 Å². The first-order valence-electron chi connectivity index (χ1n) is 15.9. The summed E-state index contributed by atoms with van der Waals surface area (Å²) in [5, 5.41) is 9.17. The summed E-state index contributed by atoms with van der Waals surface area (Å²) in [6, 6.07) is 57.9. The van der Waals surface area contributed by atoms with Gasteiger partial charge in [0.25, 0.3) is 0 Å². The van der Waals surface area contributed by atoms with Gasteiger partial charge < -0.3 is 13.7 Å². The summed E-state index contributed by atoms with van der Waals surface area (Å²) < 4.78 is 12.8. The molecule has 2 aromatic heterocycles. The molecule has 0 aliphatic carbocycles. The summed E-state index contributed by atoms with van der Waals surface area (Å²) in [7, 11) is 0. The molecule has 0 aliphatic heterocycles. The van der Waals surface area contributed by atoms with Crippen LogP contribution >= 0.6 is 0 Å². The van der Waals surface area contributed by atoms with Crippen LogP contribution in [0.25, 0.3) is 76.5 Å². The lowest BCUT2D eigenvalue weighted by molar-refractivity contribution is 0.669. The monoisotopic (exact) mass is 601 g/mol. The number of furan rings is 2. The van der Waals surface area contributed by atoms with Crippen molar-refractivity contribution in [1.82, 2.24) is 0 Å². The van der Waals surface area contributed by atoms with Crippen LogP contribution in [0.2, 0.25) is 0 Å². The minimum Gasteiger partial charge on any atom is -0.456 e. The number of para-hydroxylation sites is 1. The number of anilines is 3. The first-order valence-corrected chi connectivity index (χ1v) is 15.9. The lowest BCUT2D eigenvalue weighted by Gasteiger charge is -2.27. The lowest BCUT2D eigenvalue weighted by Crippen LogP contribution is -2.10. The van der Waals surface area contributed by atoms with Crippen molar-refractivity contribution in [2.24, 2.45) is 0 Å². The van der Waals surface area contributed by atoms with Crippen molar-refractivity contribution < 1.29 is 8.83 Å². The Labute approximate surface area is 270 Å². The van der Waals surface area contributed by atoms with Gasteiger partial charge in [-0.2, -0.15) is 0 Å². The van der Waals surface area contributed by atoms with Gasteiger partial charge in [0.2, 0.25) is 0 Å². The smallest absolute Gasteiger partial charge is 0.143 e. The van der Waals surface area contributed by atoms with E-state index in [1.807, 2.05) is 18.2 Å². The Kier molecular flexibility index (Phi) is 5.57. The minimum absolute atomic E-state index is 0.870. The minimum atomic E-state index is 0.870. The third-order valence-electron chi connectivity index (χ3n) is 9.44. The quantitative estimate of drug-likeness (QED) is 0.201. The molecule has 8 aromatic carbocycles. The maximum absolute atomic E-state index is 6.61. The molecule has 0 atom stereocenters. The van der Waals surface area contributed by atoms with Gasteiger partial charge in [-0.25, -0.2) is 0 Å². The van der Waals surface area contributed by atoms with Crippen LogP contribution in [-0.4, -0.2) is 0 Å². The van der Waals surface area contributed by atoms with Gasteiger partial charge in [0.15, 0.2) is 0 Å². The molecule has 0 amide bonds. The third-order valence-corrected chi connectivity index (χ3v) is 9.44. The van der Waals surface area contributed by atoms with Crippen LogP contribution in [0.5, 0.6) is 0 Å². The van der Waals surface area contributed by atoms with Gasteiger partial charge in [-0.15, -0.1) is 0 Å². The van der Waals surface area contributed by atoms with Gasteiger partial charge >= 0.3 is 0 Å². The molecular formula is C44H27NO2. The van der Waals surface area contributed by atoms with Crippen molar-refractivity contribution in [1.29, 1.82) is 0 Å². The van der Waals surface area contributed by atoms with Crippen molar-refractivity contribution in [3.05, 3.63) is 164 Å². The summed E-state index contributed by atoms with van der Waals surface area (Å²) >= 11 is 0. The molecule has 10 aromatic rings. The van der Waals surface area contributed by atoms with Crippen LogP contribution in [0.1, 0.15) is 0 Å². The number of benzene rings is 8. The Morgan fingerprint density at radius 2 is 1.04 bits per heavy atom. The van der Waals surface area contributed by atoms with E-state index in [0.29, 0.717) is 0 Å². The highest BCUT2D eigenvalue weighted by Crippen LogP contribution is 2.45. The second kappa shape index (κ2) is 10.1. The molecule has 2 heterocycles. The molecule has 0 saturated carbocycles. The molecule has 0 N–H and O–H groups in total. The van der Waals surface area contributed by atoms with Crippen molar-refractivity contribution in [2.45, 2.75) is 0 Å². The van der Waals surface area contributed by atoms with E-state index in [1.165, 1.54) is 16.2 Å². The van der Waals surface area contributed by atoms with E-state index in [4.69, 9.17) is 8.83 Å². The molecule has 0 saturated heterocycles. The van der Waals surface area contributed by atoms with Gasteiger partial charge in [-0.1, -0.05) is 109 Å². The highest BCUT2D eigenvalue weighted by atomic mass is 16.3. The Morgan fingerprint density at radius 1 is 0.383 bits per heavy atom. The first-order chi connectivity index (χ1) is 23.3. The summed E-state index contributed by atoms with van der Waals surface area (Å²) in [6.07, 6.45) is 0. The van der Waals surface area contributed by atoms with E-state index >= 15 is 0 Å². The van der Waals surface area contributed by atoms with Crippen LogP contribution in [0.4, 0.5) is 17.1 Å². The molecule has 0 fully saturated rings. The van der Waals surface area contributed by atoms with Crippen molar-refractivity contribution in [2.75, 3.05) is 4.90 Å². The molecule has 3 nitrogen and oxygen atoms in total. The summed E-state index contributed by atoms with van der Waals surface area (Å²) in [5.41, 5.74) is 9.11. The predicted octanol–water partition coefficient (Wildman–Crippen LogP) is 12.9. The SMILES string of the molecule is c1ccc2cc(N(c3ccc(-c4cccc5oc6ccccc6c45)cc3)c3cccc4oc5c6ccccc6ccc5c34)ccc2c1. The number of hydrogen-bond donors (Lipinski definition) is 0. The zero-order chi connectivity index (χ0) is 30.9. The highest BCUT2D eigenvalue weighted by molar-refractivity contribution is 6.20. The lowest BCUT2D eigenvalue weighted by atomic mass is 9.98. The molecule has 0 unspecified atom stereocenters. The van der Waals surface area contributed by atoms with Crippen molar-refractivity contribution >= 4 is 82.5 Å². The van der Waals surface area contributed by atoms with Crippen LogP contribution in [0, 0.1) is 0 Å². The van der Waals surface area contributed by atoms with Crippen LogP contribution < -0.4 is 4.90 Å². The van der Waals surface area contributed by atoms with Gasteiger partial charge in [0.05, 0.1) is 11.1 Å². The fourth-order valence-corrected chi connectivity index (χ4v) is 7.27. The molecule has 0 aliphatic rings. The third kappa shape index (κ3) is 4.00. The number of hydrogen-bond acceptors (Lipinski definition) is 3. The number of nitrogens with zero attached hydrogens (tertiary/aromatic N) is 1. The van der Waals surface area contributed by atoms with Crippen LogP contribution in [-0.2, 0) is 0 Å². The van der Waals surface area contributed by atoms with Gasteiger partial charge in [0.1, 0.15) is 22.3 Å². The van der Waals surface area contributed by atoms with Gasteiger partial charge in [-0.05, 0) is 81.9 Å². The molecule has 0 spiro atoms. The molecule has 47 heavy (non-hydrogen) atoms. The summed E-state index contributed by atoms with van der Waals surface area (Å²) in [5.74, 6) is 0. The Balaban J connectivity index is 1.20. The maximum Gasteiger partial charge on any atom is 0.143 e. The molecule has 3 heteroatoms. The van der Waals surface area contributed by atoms with E-state index in [0.717, 1.165) is 77.5 Å². The maximum atomic E-state index is 6.61.